The zero-order valence-corrected chi connectivity index (χ0v) is 11.9. The number of hydrogen-bond acceptors (Lipinski definition) is 2. The fourth-order valence-corrected chi connectivity index (χ4v) is 1.89. The highest BCUT2D eigenvalue weighted by atomic mass is 79.9. The van der Waals surface area contributed by atoms with Crippen LogP contribution in [-0.4, -0.2) is 20.1 Å². The van der Waals surface area contributed by atoms with E-state index < -0.39 is 0 Å². The van der Waals surface area contributed by atoms with Crippen LogP contribution in [0.1, 0.15) is 26.6 Å². The van der Waals surface area contributed by atoms with Crippen LogP contribution >= 0.6 is 15.9 Å². The first-order valence-corrected chi connectivity index (χ1v) is 6.69. The highest BCUT2D eigenvalue weighted by Gasteiger charge is 2.22. The van der Waals surface area contributed by atoms with Gasteiger partial charge in [-0.3, -0.25) is 0 Å². The third-order valence-corrected chi connectivity index (χ3v) is 3.87. The molecule has 90 valence electrons. The summed E-state index contributed by atoms with van der Waals surface area (Å²) in [6.45, 7) is 11.3. The summed E-state index contributed by atoms with van der Waals surface area (Å²) in [5.41, 5.74) is 0.0434. The van der Waals surface area contributed by atoms with Gasteiger partial charge in [-0.1, -0.05) is 42.8 Å². The zero-order valence-electron chi connectivity index (χ0n) is 10.3. The maximum atomic E-state index is 4.33. The van der Waals surface area contributed by atoms with Crippen LogP contribution in [0.5, 0.6) is 0 Å². The van der Waals surface area contributed by atoms with Gasteiger partial charge in [-0.05, 0) is 5.92 Å². The number of aromatic nitrogens is 3. The summed E-state index contributed by atoms with van der Waals surface area (Å²) < 4.78 is 2.00. The van der Waals surface area contributed by atoms with Gasteiger partial charge in [0.05, 0.1) is 0 Å². The molecule has 0 bridgehead atoms. The lowest BCUT2D eigenvalue weighted by molar-refractivity contribution is 0.421. The molecule has 0 saturated heterocycles. The Bertz CT molecular complexity index is 346. The predicted octanol–water partition coefficient (Wildman–Crippen LogP) is 3.06. The minimum absolute atomic E-state index is 0.0434. The van der Waals surface area contributed by atoms with Crippen molar-refractivity contribution in [2.24, 2.45) is 11.3 Å². The standard InChI is InChI=1S/C12H20BrN3/c1-5-12(4,8-13)6-11-14-9-15-16(11)7-10(2)3/h5,9-10H,1,6-8H2,2-4H3. The molecule has 0 aliphatic heterocycles. The summed E-state index contributed by atoms with van der Waals surface area (Å²) in [4.78, 5) is 4.33. The highest BCUT2D eigenvalue weighted by molar-refractivity contribution is 9.09. The molecular weight excluding hydrogens is 266 g/mol. The van der Waals surface area contributed by atoms with Gasteiger partial charge in [-0.25, -0.2) is 9.67 Å². The summed E-state index contributed by atoms with van der Waals surface area (Å²) in [7, 11) is 0. The van der Waals surface area contributed by atoms with Crippen LogP contribution < -0.4 is 0 Å². The number of nitrogens with zero attached hydrogens (tertiary/aromatic N) is 3. The van der Waals surface area contributed by atoms with Gasteiger partial charge in [0.1, 0.15) is 12.2 Å². The van der Waals surface area contributed by atoms with Crippen molar-refractivity contribution >= 4 is 15.9 Å². The van der Waals surface area contributed by atoms with E-state index >= 15 is 0 Å². The largest absolute Gasteiger partial charge is 0.250 e. The fourth-order valence-electron chi connectivity index (χ4n) is 1.46. The van der Waals surface area contributed by atoms with Crippen molar-refractivity contribution in [2.45, 2.75) is 33.7 Å². The molecule has 16 heavy (non-hydrogen) atoms. The van der Waals surface area contributed by atoms with Crippen LogP contribution in [0.25, 0.3) is 0 Å². The quantitative estimate of drug-likeness (QED) is 0.594. The molecule has 0 saturated carbocycles. The highest BCUT2D eigenvalue weighted by Crippen LogP contribution is 2.25. The lowest BCUT2D eigenvalue weighted by Gasteiger charge is -2.22. The first-order chi connectivity index (χ1) is 7.50. The number of hydrogen-bond donors (Lipinski definition) is 0. The molecule has 1 atom stereocenters. The average molecular weight is 286 g/mol. The van der Waals surface area contributed by atoms with Crippen LogP contribution in [-0.2, 0) is 13.0 Å². The van der Waals surface area contributed by atoms with Crippen LogP contribution in [0.2, 0.25) is 0 Å². The third-order valence-electron chi connectivity index (χ3n) is 2.59. The smallest absolute Gasteiger partial charge is 0.138 e. The van der Waals surface area contributed by atoms with E-state index in [2.05, 4.69) is 53.4 Å². The van der Waals surface area contributed by atoms with Gasteiger partial charge in [-0.15, -0.1) is 6.58 Å². The van der Waals surface area contributed by atoms with E-state index in [9.17, 15) is 0 Å². The summed E-state index contributed by atoms with van der Waals surface area (Å²) >= 11 is 3.52. The summed E-state index contributed by atoms with van der Waals surface area (Å²) in [6, 6.07) is 0. The van der Waals surface area contributed by atoms with Crippen molar-refractivity contribution in [3.8, 4) is 0 Å². The maximum Gasteiger partial charge on any atom is 0.138 e. The first kappa shape index (κ1) is 13.4. The number of halogens is 1. The normalized spacial score (nSPS) is 15.1. The second-order valence-corrected chi connectivity index (χ2v) is 5.48. The average Bonchev–Trinajstić information content (AvgIpc) is 2.64. The minimum atomic E-state index is 0.0434. The van der Waals surface area contributed by atoms with E-state index in [0.29, 0.717) is 5.92 Å². The Hall–Kier alpha value is -0.640. The molecular formula is C12H20BrN3. The van der Waals surface area contributed by atoms with Gasteiger partial charge in [0, 0.05) is 23.7 Å². The van der Waals surface area contributed by atoms with E-state index in [-0.39, 0.29) is 5.41 Å². The summed E-state index contributed by atoms with van der Waals surface area (Å²) in [6.07, 6.45) is 4.49. The van der Waals surface area contributed by atoms with Crippen molar-refractivity contribution in [1.29, 1.82) is 0 Å². The molecule has 1 rings (SSSR count). The lowest BCUT2D eigenvalue weighted by atomic mass is 9.89. The predicted molar refractivity (Wildman–Crippen MR) is 70.7 cm³/mol. The molecule has 0 N–H and O–H groups in total. The Morgan fingerprint density at radius 3 is 2.81 bits per heavy atom. The molecule has 1 aromatic rings. The monoisotopic (exact) mass is 285 g/mol. The molecule has 0 radical (unpaired) electrons. The number of allylic oxidation sites excluding steroid dienone is 1. The maximum absolute atomic E-state index is 4.33. The SMILES string of the molecule is C=CC(C)(CBr)Cc1ncnn1CC(C)C. The molecule has 0 aromatic carbocycles. The zero-order chi connectivity index (χ0) is 12.2. The Morgan fingerprint density at radius 2 is 2.31 bits per heavy atom. The van der Waals surface area contributed by atoms with Gasteiger partial charge in [0.15, 0.2) is 0 Å². The molecule has 4 heteroatoms. The molecule has 1 unspecified atom stereocenters. The molecule has 0 fully saturated rings. The minimum Gasteiger partial charge on any atom is -0.250 e. The fraction of sp³-hybridized carbons (Fsp3) is 0.667. The van der Waals surface area contributed by atoms with Gasteiger partial charge < -0.3 is 0 Å². The molecule has 1 aromatic heterocycles. The molecule has 3 nitrogen and oxygen atoms in total. The number of alkyl halides is 1. The van der Waals surface area contributed by atoms with Crippen molar-refractivity contribution < 1.29 is 0 Å². The molecule has 0 spiro atoms. The van der Waals surface area contributed by atoms with Gasteiger partial charge in [-0.2, -0.15) is 5.10 Å². The lowest BCUT2D eigenvalue weighted by Crippen LogP contribution is -2.22. The second kappa shape index (κ2) is 5.62. The van der Waals surface area contributed by atoms with Crippen molar-refractivity contribution in [2.75, 3.05) is 5.33 Å². The Balaban J connectivity index is 2.80. The summed E-state index contributed by atoms with van der Waals surface area (Å²) in [5.74, 6) is 1.62. The van der Waals surface area contributed by atoms with E-state index in [1.807, 2.05) is 10.8 Å². The first-order valence-electron chi connectivity index (χ1n) is 5.57. The van der Waals surface area contributed by atoms with Crippen LogP contribution in [0, 0.1) is 11.3 Å². The van der Waals surface area contributed by atoms with Crippen molar-refractivity contribution in [1.82, 2.24) is 14.8 Å². The topological polar surface area (TPSA) is 30.7 Å². The van der Waals surface area contributed by atoms with Gasteiger partial charge in [0.2, 0.25) is 0 Å². The Kier molecular flexibility index (Phi) is 4.71. The van der Waals surface area contributed by atoms with E-state index in [1.54, 1.807) is 6.33 Å². The Morgan fingerprint density at radius 1 is 1.62 bits per heavy atom. The number of rotatable bonds is 6. The van der Waals surface area contributed by atoms with Gasteiger partial charge >= 0.3 is 0 Å². The third kappa shape index (κ3) is 3.44. The molecule has 0 aliphatic rings. The van der Waals surface area contributed by atoms with Crippen LogP contribution in [0.15, 0.2) is 19.0 Å². The van der Waals surface area contributed by atoms with E-state index in [1.165, 1.54) is 0 Å². The molecule has 0 aliphatic carbocycles. The van der Waals surface area contributed by atoms with Crippen LogP contribution in [0.4, 0.5) is 0 Å². The van der Waals surface area contributed by atoms with Crippen molar-refractivity contribution in [3.63, 3.8) is 0 Å². The summed E-state index contributed by atoms with van der Waals surface area (Å²) in [5, 5.41) is 5.15. The van der Waals surface area contributed by atoms with Gasteiger partial charge in [0.25, 0.3) is 0 Å². The van der Waals surface area contributed by atoms with E-state index in [0.717, 1.165) is 24.1 Å². The van der Waals surface area contributed by atoms with E-state index in [4.69, 9.17) is 0 Å². The van der Waals surface area contributed by atoms with Crippen LogP contribution in [0.3, 0.4) is 0 Å². The molecule has 1 heterocycles. The van der Waals surface area contributed by atoms with Crippen molar-refractivity contribution in [3.05, 3.63) is 24.8 Å². The second-order valence-electron chi connectivity index (χ2n) is 4.92. The molecule has 0 amide bonds. The Labute approximate surface area is 106 Å².